The molecule has 102 valence electrons. The van der Waals surface area contributed by atoms with E-state index in [1.807, 2.05) is 32.3 Å². The molecule has 3 aromatic heterocycles. The number of anilines is 1. The molecule has 0 saturated carbocycles. The Morgan fingerprint density at radius 3 is 2.85 bits per heavy atom. The van der Waals surface area contributed by atoms with Crippen molar-refractivity contribution in [2.24, 2.45) is 7.05 Å². The zero-order chi connectivity index (χ0) is 14.1. The van der Waals surface area contributed by atoms with Crippen LogP contribution in [0, 0.1) is 13.8 Å². The minimum atomic E-state index is 0.689. The van der Waals surface area contributed by atoms with Crippen molar-refractivity contribution in [1.82, 2.24) is 19.7 Å². The van der Waals surface area contributed by atoms with E-state index in [4.69, 9.17) is 0 Å². The van der Waals surface area contributed by atoms with Gasteiger partial charge in [-0.2, -0.15) is 5.10 Å². The first-order valence-corrected chi connectivity index (χ1v) is 6.58. The largest absolute Gasteiger partial charge is 0.364 e. The van der Waals surface area contributed by atoms with Crippen LogP contribution in [0.5, 0.6) is 0 Å². The van der Waals surface area contributed by atoms with E-state index in [0.717, 1.165) is 27.8 Å². The molecule has 5 nitrogen and oxygen atoms in total. The third-order valence-electron chi connectivity index (χ3n) is 3.59. The molecule has 0 amide bonds. The molecule has 0 saturated heterocycles. The lowest BCUT2D eigenvalue weighted by Crippen LogP contribution is -2.04. The summed E-state index contributed by atoms with van der Waals surface area (Å²) in [5, 5.41) is 14.2. The Hall–Kier alpha value is -2.43. The van der Waals surface area contributed by atoms with Crippen molar-refractivity contribution in [2.45, 2.75) is 20.4 Å². The summed E-state index contributed by atoms with van der Waals surface area (Å²) in [4.78, 5) is 4.11. The second-order valence-corrected chi connectivity index (χ2v) is 4.96. The quantitative estimate of drug-likeness (QED) is 0.792. The van der Waals surface area contributed by atoms with Gasteiger partial charge in [0, 0.05) is 48.6 Å². The summed E-state index contributed by atoms with van der Waals surface area (Å²) in [7, 11) is 2.04. The van der Waals surface area contributed by atoms with Gasteiger partial charge in [0.1, 0.15) is 0 Å². The highest BCUT2D eigenvalue weighted by molar-refractivity contribution is 5.95. The van der Waals surface area contributed by atoms with Gasteiger partial charge in [-0.05, 0) is 25.5 Å². The molecular formula is C15H17N5. The lowest BCUT2D eigenvalue weighted by Gasteiger charge is -2.08. The molecule has 5 heteroatoms. The summed E-state index contributed by atoms with van der Waals surface area (Å²) in [6.45, 7) is 4.77. The summed E-state index contributed by atoms with van der Waals surface area (Å²) in [6.07, 6.45) is 5.72. The SMILES string of the molecule is Cc1nnc(NCc2cccnc2)c2c(C)n(C)cc12. The Labute approximate surface area is 117 Å². The number of aromatic nitrogens is 4. The number of nitrogens with zero attached hydrogens (tertiary/aromatic N) is 4. The number of pyridine rings is 1. The standard InChI is InChI=1S/C15H17N5/c1-10-13-9-20(3)11(2)14(13)15(19-18-10)17-8-12-5-4-6-16-7-12/h4-7,9H,8H2,1-3H3,(H,17,19). The second kappa shape index (κ2) is 4.92. The summed E-state index contributed by atoms with van der Waals surface area (Å²) >= 11 is 0. The van der Waals surface area contributed by atoms with Crippen molar-refractivity contribution < 1.29 is 0 Å². The molecule has 0 radical (unpaired) electrons. The lowest BCUT2D eigenvalue weighted by atomic mass is 10.2. The Morgan fingerprint density at radius 1 is 1.25 bits per heavy atom. The molecule has 0 bridgehead atoms. The van der Waals surface area contributed by atoms with Gasteiger partial charge >= 0.3 is 0 Å². The molecular weight excluding hydrogens is 250 g/mol. The van der Waals surface area contributed by atoms with E-state index in [2.05, 4.69) is 38.2 Å². The number of hydrogen-bond acceptors (Lipinski definition) is 4. The fourth-order valence-corrected chi connectivity index (χ4v) is 2.34. The molecule has 3 heterocycles. The highest BCUT2D eigenvalue weighted by atomic mass is 15.2. The van der Waals surface area contributed by atoms with Crippen LogP contribution in [0.2, 0.25) is 0 Å². The molecule has 0 aromatic carbocycles. The van der Waals surface area contributed by atoms with Crippen molar-refractivity contribution in [3.8, 4) is 0 Å². The van der Waals surface area contributed by atoms with Crippen molar-refractivity contribution in [3.63, 3.8) is 0 Å². The van der Waals surface area contributed by atoms with E-state index in [1.165, 1.54) is 5.69 Å². The van der Waals surface area contributed by atoms with E-state index < -0.39 is 0 Å². The zero-order valence-electron chi connectivity index (χ0n) is 11.9. The molecule has 0 fully saturated rings. The maximum atomic E-state index is 4.30. The monoisotopic (exact) mass is 267 g/mol. The van der Waals surface area contributed by atoms with Gasteiger partial charge in [0.15, 0.2) is 5.82 Å². The molecule has 0 aliphatic carbocycles. The van der Waals surface area contributed by atoms with E-state index >= 15 is 0 Å². The molecule has 1 N–H and O–H groups in total. The smallest absolute Gasteiger partial charge is 0.158 e. The first kappa shape index (κ1) is 12.6. The first-order valence-electron chi connectivity index (χ1n) is 6.58. The van der Waals surface area contributed by atoms with Crippen LogP contribution in [-0.2, 0) is 13.6 Å². The molecule has 0 atom stereocenters. The third kappa shape index (κ3) is 2.11. The van der Waals surface area contributed by atoms with Crippen LogP contribution in [0.4, 0.5) is 5.82 Å². The predicted octanol–water partition coefficient (Wildman–Crippen LogP) is 2.59. The van der Waals surface area contributed by atoms with Crippen molar-refractivity contribution in [2.75, 3.05) is 5.32 Å². The molecule has 0 spiro atoms. The molecule has 0 aliphatic rings. The van der Waals surface area contributed by atoms with Crippen molar-refractivity contribution >= 4 is 16.6 Å². The fourth-order valence-electron chi connectivity index (χ4n) is 2.34. The summed E-state index contributed by atoms with van der Waals surface area (Å²) < 4.78 is 2.11. The summed E-state index contributed by atoms with van der Waals surface area (Å²) in [5.74, 6) is 0.826. The molecule has 3 aromatic rings. The number of rotatable bonds is 3. The summed E-state index contributed by atoms with van der Waals surface area (Å²) in [5.41, 5.74) is 3.26. The van der Waals surface area contributed by atoms with E-state index in [1.54, 1.807) is 6.20 Å². The highest BCUT2D eigenvalue weighted by Crippen LogP contribution is 2.27. The van der Waals surface area contributed by atoms with Gasteiger partial charge in [-0.1, -0.05) is 6.07 Å². The molecule has 0 aliphatic heterocycles. The van der Waals surface area contributed by atoms with Crippen molar-refractivity contribution in [3.05, 3.63) is 47.7 Å². The van der Waals surface area contributed by atoms with Crippen LogP contribution in [0.1, 0.15) is 17.0 Å². The first-order chi connectivity index (χ1) is 9.66. The second-order valence-electron chi connectivity index (χ2n) is 4.96. The lowest BCUT2D eigenvalue weighted by molar-refractivity contribution is 0.888. The van der Waals surface area contributed by atoms with Gasteiger partial charge in [-0.15, -0.1) is 5.10 Å². The Balaban J connectivity index is 1.98. The van der Waals surface area contributed by atoms with Crippen LogP contribution < -0.4 is 5.32 Å². The zero-order valence-corrected chi connectivity index (χ0v) is 11.9. The van der Waals surface area contributed by atoms with Crippen LogP contribution >= 0.6 is 0 Å². The van der Waals surface area contributed by atoms with Gasteiger partial charge in [-0.25, -0.2) is 0 Å². The Bertz CT molecular complexity index is 746. The van der Waals surface area contributed by atoms with Crippen LogP contribution in [0.25, 0.3) is 10.8 Å². The van der Waals surface area contributed by atoms with Gasteiger partial charge in [0.2, 0.25) is 0 Å². The minimum absolute atomic E-state index is 0.689. The number of hydrogen-bond donors (Lipinski definition) is 1. The van der Waals surface area contributed by atoms with Gasteiger partial charge < -0.3 is 9.88 Å². The predicted molar refractivity (Wildman–Crippen MR) is 79.5 cm³/mol. The minimum Gasteiger partial charge on any atom is -0.364 e. The van der Waals surface area contributed by atoms with Crippen LogP contribution in [0.15, 0.2) is 30.7 Å². The molecule has 3 rings (SSSR count). The van der Waals surface area contributed by atoms with Gasteiger partial charge in [0.25, 0.3) is 0 Å². The van der Waals surface area contributed by atoms with E-state index in [0.29, 0.717) is 6.54 Å². The van der Waals surface area contributed by atoms with E-state index in [-0.39, 0.29) is 0 Å². The van der Waals surface area contributed by atoms with Crippen LogP contribution in [0.3, 0.4) is 0 Å². The topological polar surface area (TPSA) is 55.6 Å². The highest BCUT2D eigenvalue weighted by Gasteiger charge is 2.12. The normalized spacial score (nSPS) is 10.9. The fraction of sp³-hybridized carbons (Fsp3) is 0.267. The number of fused-ring (bicyclic) bond motifs is 1. The Morgan fingerprint density at radius 2 is 2.10 bits per heavy atom. The number of nitrogens with one attached hydrogen (secondary N) is 1. The average molecular weight is 267 g/mol. The number of aryl methyl sites for hydroxylation is 3. The van der Waals surface area contributed by atoms with Gasteiger partial charge in [-0.3, -0.25) is 4.98 Å². The average Bonchev–Trinajstić information content (AvgIpc) is 2.77. The Kier molecular flexibility index (Phi) is 3.10. The maximum Gasteiger partial charge on any atom is 0.158 e. The van der Waals surface area contributed by atoms with E-state index in [9.17, 15) is 0 Å². The van der Waals surface area contributed by atoms with Gasteiger partial charge in [0.05, 0.1) is 5.69 Å². The summed E-state index contributed by atoms with van der Waals surface area (Å²) in [6, 6.07) is 3.97. The van der Waals surface area contributed by atoms with Crippen LogP contribution in [-0.4, -0.2) is 19.7 Å². The third-order valence-corrected chi connectivity index (χ3v) is 3.59. The van der Waals surface area contributed by atoms with Crippen molar-refractivity contribution in [1.29, 1.82) is 0 Å². The molecule has 20 heavy (non-hydrogen) atoms. The molecule has 0 unspecified atom stereocenters. The maximum absolute atomic E-state index is 4.30.